The minimum absolute atomic E-state index is 0.0763. The number of carbonyl (C=O) groups excluding carboxylic acids is 2. The summed E-state index contributed by atoms with van der Waals surface area (Å²) in [6, 6.07) is 33.7. The molecule has 0 saturated carbocycles. The SMILES string of the molecule is O=C(NCc1ccccc1)c1ccccc1NC(=S)NC(=O)c1ccccc1OCCc1ccccc1. The first kappa shape index (κ1) is 25.6. The maximum atomic E-state index is 13.0. The largest absolute Gasteiger partial charge is 0.492 e. The van der Waals surface area contributed by atoms with Gasteiger partial charge < -0.3 is 15.4 Å². The van der Waals surface area contributed by atoms with Gasteiger partial charge in [0.05, 0.1) is 23.4 Å². The number of amides is 2. The molecule has 0 aliphatic rings. The van der Waals surface area contributed by atoms with Crippen LogP contribution in [0, 0.1) is 0 Å². The second-order valence-corrected chi connectivity index (χ2v) is 8.61. The summed E-state index contributed by atoms with van der Waals surface area (Å²) >= 11 is 5.38. The van der Waals surface area contributed by atoms with Gasteiger partial charge in [-0.2, -0.15) is 0 Å². The van der Waals surface area contributed by atoms with Crippen LogP contribution in [-0.4, -0.2) is 23.5 Å². The van der Waals surface area contributed by atoms with Crippen molar-refractivity contribution < 1.29 is 14.3 Å². The van der Waals surface area contributed by atoms with Crippen LogP contribution < -0.4 is 20.7 Å². The van der Waals surface area contributed by atoms with Crippen LogP contribution in [0.4, 0.5) is 5.69 Å². The maximum absolute atomic E-state index is 13.0. The van der Waals surface area contributed by atoms with Crippen molar-refractivity contribution in [2.75, 3.05) is 11.9 Å². The molecule has 37 heavy (non-hydrogen) atoms. The lowest BCUT2D eigenvalue weighted by Gasteiger charge is -2.15. The van der Waals surface area contributed by atoms with E-state index in [0.29, 0.717) is 35.7 Å². The molecule has 7 heteroatoms. The molecule has 0 heterocycles. The molecule has 2 amide bonds. The Morgan fingerprint density at radius 3 is 2.00 bits per heavy atom. The molecular weight excluding hydrogens is 482 g/mol. The van der Waals surface area contributed by atoms with Crippen LogP contribution in [0.3, 0.4) is 0 Å². The van der Waals surface area contributed by atoms with Crippen molar-refractivity contribution in [3.05, 3.63) is 131 Å². The van der Waals surface area contributed by atoms with Gasteiger partial charge in [-0.3, -0.25) is 14.9 Å². The molecule has 0 aromatic heterocycles. The number of ether oxygens (including phenoxy) is 1. The summed E-state index contributed by atoms with van der Waals surface area (Å²) in [5.74, 6) is -0.184. The molecule has 0 fully saturated rings. The first-order chi connectivity index (χ1) is 18.1. The first-order valence-corrected chi connectivity index (χ1v) is 12.3. The van der Waals surface area contributed by atoms with Crippen LogP contribution in [-0.2, 0) is 13.0 Å². The van der Waals surface area contributed by atoms with Gasteiger partial charge in [0.15, 0.2) is 5.11 Å². The third kappa shape index (κ3) is 7.49. The van der Waals surface area contributed by atoms with E-state index >= 15 is 0 Å². The Labute approximate surface area is 221 Å². The Morgan fingerprint density at radius 2 is 1.27 bits per heavy atom. The lowest BCUT2D eigenvalue weighted by Crippen LogP contribution is -2.35. The predicted molar refractivity (Wildman–Crippen MR) is 150 cm³/mol. The fraction of sp³-hybridized carbons (Fsp3) is 0.100. The zero-order valence-electron chi connectivity index (χ0n) is 20.1. The fourth-order valence-electron chi connectivity index (χ4n) is 3.69. The van der Waals surface area contributed by atoms with Crippen molar-refractivity contribution in [2.24, 2.45) is 0 Å². The summed E-state index contributed by atoms with van der Waals surface area (Å²) in [6.07, 6.45) is 0.722. The number of rotatable bonds is 9. The van der Waals surface area contributed by atoms with E-state index < -0.39 is 5.91 Å². The van der Waals surface area contributed by atoms with Crippen molar-refractivity contribution in [3.8, 4) is 5.75 Å². The van der Waals surface area contributed by atoms with Gasteiger partial charge >= 0.3 is 0 Å². The van der Waals surface area contributed by atoms with Crippen molar-refractivity contribution in [1.82, 2.24) is 10.6 Å². The number of benzene rings is 4. The van der Waals surface area contributed by atoms with Gasteiger partial charge in [-0.15, -0.1) is 0 Å². The number of carbonyl (C=O) groups is 2. The van der Waals surface area contributed by atoms with Crippen LogP contribution in [0.15, 0.2) is 109 Å². The van der Waals surface area contributed by atoms with E-state index in [-0.39, 0.29) is 11.0 Å². The highest BCUT2D eigenvalue weighted by Gasteiger charge is 2.16. The minimum Gasteiger partial charge on any atom is -0.492 e. The monoisotopic (exact) mass is 509 g/mol. The van der Waals surface area contributed by atoms with E-state index in [1.165, 1.54) is 0 Å². The van der Waals surface area contributed by atoms with Crippen molar-refractivity contribution in [1.29, 1.82) is 0 Å². The van der Waals surface area contributed by atoms with Gasteiger partial charge in [-0.25, -0.2) is 0 Å². The highest BCUT2D eigenvalue weighted by Crippen LogP contribution is 2.19. The van der Waals surface area contributed by atoms with Crippen molar-refractivity contribution >= 4 is 34.8 Å². The second-order valence-electron chi connectivity index (χ2n) is 8.20. The zero-order valence-corrected chi connectivity index (χ0v) is 21.0. The summed E-state index contributed by atoms with van der Waals surface area (Å²) in [5, 5.41) is 8.64. The van der Waals surface area contributed by atoms with Gasteiger partial charge in [0.25, 0.3) is 11.8 Å². The summed E-state index contributed by atoms with van der Waals surface area (Å²) in [6.45, 7) is 0.832. The minimum atomic E-state index is -0.404. The number of anilines is 1. The summed E-state index contributed by atoms with van der Waals surface area (Å²) in [7, 11) is 0. The molecular formula is C30H27N3O3S. The van der Waals surface area contributed by atoms with Crippen molar-refractivity contribution in [2.45, 2.75) is 13.0 Å². The molecule has 0 bridgehead atoms. The standard InChI is InChI=1S/C30H27N3O3S/c34-28(31-21-23-13-5-2-6-14-23)24-15-7-9-17-26(24)32-30(37)33-29(35)25-16-8-10-18-27(25)36-20-19-22-11-3-1-4-12-22/h1-18H,19-21H2,(H,31,34)(H2,32,33,35,37). The van der Waals surface area contributed by atoms with Crippen molar-refractivity contribution in [3.63, 3.8) is 0 Å². The quantitative estimate of drug-likeness (QED) is 0.265. The molecule has 0 radical (unpaired) electrons. The van der Waals surface area contributed by atoms with Gasteiger partial charge in [-0.1, -0.05) is 84.9 Å². The molecule has 6 nitrogen and oxygen atoms in total. The van der Waals surface area contributed by atoms with Crippen LogP contribution in [0.1, 0.15) is 31.8 Å². The molecule has 0 unspecified atom stereocenters. The number of para-hydroxylation sites is 2. The normalized spacial score (nSPS) is 10.3. The van der Waals surface area contributed by atoms with Crippen LogP contribution in [0.5, 0.6) is 5.75 Å². The number of hydrogen-bond donors (Lipinski definition) is 3. The summed E-state index contributed by atoms with van der Waals surface area (Å²) < 4.78 is 5.90. The fourth-order valence-corrected chi connectivity index (χ4v) is 3.89. The summed E-state index contributed by atoms with van der Waals surface area (Å²) in [5.41, 5.74) is 3.43. The van der Waals surface area contributed by atoms with E-state index in [9.17, 15) is 9.59 Å². The number of hydrogen-bond acceptors (Lipinski definition) is 4. The lowest BCUT2D eigenvalue weighted by molar-refractivity contribution is 0.0949. The molecule has 0 saturated heterocycles. The Morgan fingerprint density at radius 1 is 0.676 bits per heavy atom. The van der Waals surface area contributed by atoms with E-state index in [0.717, 1.165) is 17.5 Å². The van der Waals surface area contributed by atoms with Gasteiger partial charge in [0, 0.05) is 13.0 Å². The number of thiocarbonyl (C=S) groups is 1. The third-order valence-electron chi connectivity index (χ3n) is 5.57. The molecule has 4 aromatic carbocycles. The second kappa shape index (κ2) is 13.0. The molecule has 3 N–H and O–H groups in total. The third-order valence-corrected chi connectivity index (χ3v) is 5.77. The highest BCUT2D eigenvalue weighted by molar-refractivity contribution is 7.80. The zero-order chi connectivity index (χ0) is 25.9. The van der Waals surface area contributed by atoms with E-state index in [4.69, 9.17) is 17.0 Å². The molecule has 0 spiro atoms. The average Bonchev–Trinajstić information content (AvgIpc) is 2.93. The topological polar surface area (TPSA) is 79.5 Å². The van der Waals surface area contributed by atoms with E-state index in [2.05, 4.69) is 16.0 Å². The Bertz CT molecular complexity index is 1360. The maximum Gasteiger partial charge on any atom is 0.261 e. The van der Waals surface area contributed by atoms with Gasteiger partial charge in [0.1, 0.15) is 5.75 Å². The van der Waals surface area contributed by atoms with Crippen LogP contribution in [0.25, 0.3) is 0 Å². The molecule has 0 aliphatic carbocycles. The van der Waals surface area contributed by atoms with E-state index in [1.807, 2.05) is 66.7 Å². The highest BCUT2D eigenvalue weighted by atomic mass is 32.1. The molecule has 4 aromatic rings. The molecule has 186 valence electrons. The van der Waals surface area contributed by atoms with Crippen LogP contribution >= 0.6 is 12.2 Å². The average molecular weight is 510 g/mol. The Hall–Kier alpha value is -4.49. The molecule has 0 aliphatic heterocycles. The van der Waals surface area contributed by atoms with Gasteiger partial charge in [-0.05, 0) is 47.6 Å². The summed E-state index contributed by atoms with van der Waals surface area (Å²) in [4.78, 5) is 25.8. The lowest BCUT2D eigenvalue weighted by atomic mass is 10.1. The predicted octanol–water partition coefficient (Wildman–Crippen LogP) is 5.36. The molecule has 0 atom stereocenters. The Balaban J connectivity index is 1.35. The first-order valence-electron chi connectivity index (χ1n) is 11.9. The Kier molecular flexibility index (Phi) is 8.99. The van der Waals surface area contributed by atoms with Crippen LogP contribution in [0.2, 0.25) is 0 Å². The molecule has 4 rings (SSSR count). The smallest absolute Gasteiger partial charge is 0.261 e. The number of nitrogens with one attached hydrogen (secondary N) is 3. The van der Waals surface area contributed by atoms with Gasteiger partial charge in [0.2, 0.25) is 0 Å². The van der Waals surface area contributed by atoms with E-state index in [1.54, 1.807) is 42.5 Å².